The maximum Gasteiger partial charge on any atom is 0.196 e. The third-order valence-corrected chi connectivity index (χ3v) is 5.00. The van der Waals surface area contributed by atoms with E-state index in [-0.39, 0.29) is 17.1 Å². The number of ether oxygens (including phenoxy) is 3. The molecule has 0 bridgehead atoms. The van der Waals surface area contributed by atoms with Crippen molar-refractivity contribution in [3.8, 4) is 17.2 Å². The van der Waals surface area contributed by atoms with Gasteiger partial charge in [0.25, 0.3) is 0 Å². The molecule has 27 heavy (non-hydrogen) atoms. The molecular weight excluding hydrogens is 338 g/mol. The summed E-state index contributed by atoms with van der Waals surface area (Å²) >= 11 is 0. The minimum atomic E-state index is -0.254. The average Bonchev–Trinajstić information content (AvgIpc) is 3.02. The van der Waals surface area contributed by atoms with Crippen LogP contribution in [0.1, 0.15) is 64.5 Å². The van der Waals surface area contributed by atoms with Crippen LogP contribution in [0.4, 0.5) is 5.69 Å². The first-order chi connectivity index (χ1) is 12.5. The quantitative estimate of drug-likeness (QED) is 0.742. The summed E-state index contributed by atoms with van der Waals surface area (Å²) in [6, 6.07) is 10.4. The maximum absolute atomic E-state index is 6.38. The average molecular weight is 370 g/mol. The van der Waals surface area contributed by atoms with Crippen LogP contribution in [-0.4, -0.2) is 14.2 Å². The summed E-state index contributed by atoms with van der Waals surface area (Å²) in [6.07, 6.45) is -0.254. The molecule has 1 atom stereocenters. The monoisotopic (exact) mass is 369 g/mol. The zero-order valence-corrected chi connectivity index (χ0v) is 17.7. The first-order valence-electron chi connectivity index (χ1n) is 9.38. The van der Waals surface area contributed by atoms with Crippen molar-refractivity contribution < 1.29 is 14.2 Å². The van der Waals surface area contributed by atoms with Crippen molar-refractivity contribution in [3.63, 3.8) is 0 Å². The van der Waals surface area contributed by atoms with E-state index in [4.69, 9.17) is 14.2 Å². The second-order valence-electron chi connectivity index (χ2n) is 9.16. The second kappa shape index (κ2) is 6.66. The number of anilines is 1. The van der Waals surface area contributed by atoms with Crippen molar-refractivity contribution >= 4 is 5.69 Å². The van der Waals surface area contributed by atoms with Gasteiger partial charge in [-0.2, -0.15) is 0 Å². The SMILES string of the molecule is COc1ccc([C@H]2Nc3cc(C(C)(C)C)cc(C(C)(C)C)c3O2)cc1OC. The fourth-order valence-electron chi connectivity index (χ4n) is 3.31. The highest BCUT2D eigenvalue weighted by molar-refractivity contribution is 5.68. The second-order valence-corrected chi connectivity index (χ2v) is 9.16. The van der Waals surface area contributed by atoms with Crippen molar-refractivity contribution in [1.82, 2.24) is 0 Å². The van der Waals surface area contributed by atoms with E-state index in [0.717, 1.165) is 17.0 Å². The molecule has 0 radical (unpaired) electrons. The molecule has 1 heterocycles. The highest BCUT2D eigenvalue weighted by atomic mass is 16.5. The number of hydrogen-bond acceptors (Lipinski definition) is 4. The van der Waals surface area contributed by atoms with Crippen LogP contribution in [0.3, 0.4) is 0 Å². The number of fused-ring (bicyclic) bond motifs is 1. The van der Waals surface area contributed by atoms with E-state index in [2.05, 4.69) is 59.0 Å². The van der Waals surface area contributed by atoms with E-state index in [0.29, 0.717) is 11.5 Å². The summed E-state index contributed by atoms with van der Waals surface area (Å²) in [5, 5.41) is 3.55. The summed E-state index contributed by atoms with van der Waals surface area (Å²) in [5.74, 6) is 2.35. The molecule has 2 aromatic rings. The molecule has 0 unspecified atom stereocenters. The Balaban J connectivity index is 2.03. The molecule has 0 aliphatic carbocycles. The number of nitrogens with one attached hydrogen (secondary N) is 1. The Hall–Kier alpha value is -2.36. The van der Waals surface area contributed by atoms with Gasteiger partial charge in [0, 0.05) is 11.1 Å². The molecule has 4 nitrogen and oxygen atoms in total. The molecule has 4 heteroatoms. The molecule has 0 fully saturated rings. The third-order valence-electron chi connectivity index (χ3n) is 5.00. The standard InChI is InChI=1S/C23H31NO3/c1-22(2,3)15-12-16(23(4,5)6)20-17(13-15)24-21(27-20)14-9-10-18(25-7)19(11-14)26-8/h9-13,21,24H,1-8H3/t21-/m0/s1. The van der Waals surface area contributed by atoms with Gasteiger partial charge in [0.15, 0.2) is 17.7 Å². The fraction of sp³-hybridized carbons (Fsp3) is 0.478. The predicted molar refractivity (Wildman–Crippen MR) is 110 cm³/mol. The molecule has 1 aliphatic heterocycles. The molecule has 2 aromatic carbocycles. The van der Waals surface area contributed by atoms with Crippen LogP contribution >= 0.6 is 0 Å². The lowest BCUT2D eigenvalue weighted by Gasteiger charge is -2.26. The first-order valence-corrected chi connectivity index (χ1v) is 9.38. The zero-order valence-electron chi connectivity index (χ0n) is 17.7. The molecular formula is C23H31NO3. The van der Waals surface area contributed by atoms with Crippen LogP contribution in [0, 0.1) is 0 Å². The molecule has 0 aromatic heterocycles. The number of methoxy groups -OCH3 is 2. The van der Waals surface area contributed by atoms with Gasteiger partial charge in [-0.1, -0.05) is 47.6 Å². The lowest BCUT2D eigenvalue weighted by atomic mass is 9.80. The third kappa shape index (κ3) is 3.71. The van der Waals surface area contributed by atoms with E-state index in [9.17, 15) is 0 Å². The van der Waals surface area contributed by atoms with Crippen molar-refractivity contribution in [2.45, 2.75) is 58.6 Å². The smallest absolute Gasteiger partial charge is 0.196 e. The lowest BCUT2D eigenvalue weighted by molar-refractivity contribution is 0.253. The summed E-state index contributed by atoms with van der Waals surface area (Å²) in [6.45, 7) is 13.4. The lowest BCUT2D eigenvalue weighted by Crippen LogP contribution is -2.17. The van der Waals surface area contributed by atoms with Gasteiger partial charge < -0.3 is 19.5 Å². The summed E-state index contributed by atoms with van der Waals surface area (Å²) < 4.78 is 17.2. The fourth-order valence-corrected chi connectivity index (χ4v) is 3.31. The topological polar surface area (TPSA) is 39.7 Å². The van der Waals surface area contributed by atoms with Gasteiger partial charge in [0.05, 0.1) is 19.9 Å². The van der Waals surface area contributed by atoms with E-state index >= 15 is 0 Å². The Morgan fingerprint density at radius 3 is 2.07 bits per heavy atom. The van der Waals surface area contributed by atoms with Crippen molar-refractivity contribution in [2.75, 3.05) is 19.5 Å². The minimum Gasteiger partial charge on any atom is -0.493 e. The van der Waals surface area contributed by atoms with Gasteiger partial charge in [-0.3, -0.25) is 0 Å². The van der Waals surface area contributed by atoms with E-state index < -0.39 is 0 Å². The van der Waals surface area contributed by atoms with E-state index in [1.165, 1.54) is 11.1 Å². The minimum absolute atomic E-state index is 0.0144. The summed E-state index contributed by atoms with van der Waals surface area (Å²) in [4.78, 5) is 0. The number of benzene rings is 2. The zero-order chi connectivity index (χ0) is 20.0. The first kappa shape index (κ1) is 19.4. The largest absolute Gasteiger partial charge is 0.493 e. The van der Waals surface area contributed by atoms with Gasteiger partial charge in [0.1, 0.15) is 5.75 Å². The van der Waals surface area contributed by atoms with Crippen LogP contribution < -0.4 is 19.5 Å². The maximum atomic E-state index is 6.38. The molecule has 1 aliphatic rings. The number of rotatable bonds is 3. The molecule has 0 saturated heterocycles. The van der Waals surface area contributed by atoms with Crippen LogP contribution in [0.2, 0.25) is 0 Å². The van der Waals surface area contributed by atoms with E-state index in [1.807, 2.05) is 18.2 Å². The van der Waals surface area contributed by atoms with Crippen molar-refractivity contribution in [1.29, 1.82) is 0 Å². The Kier molecular flexibility index (Phi) is 4.79. The van der Waals surface area contributed by atoms with Crippen LogP contribution in [-0.2, 0) is 10.8 Å². The molecule has 146 valence electrons. The molecule has 0 amide bonds. The Bertz CT molecular complexity index is 844. The highest BCUT2D eigenvalue weighted by Gasteiger charge is 2.32. The Morgan fingerprint density at radius 1 is 0.852 bits per heavy atom. The summed E-state index contributed by atoms with van der Waals surface area (Å²) in [7, 11) is 3.29. The molecule has 1 N–H and O–H groups in total. The summed E-state index contributed by atoms with van der Waals surface area (Å²) in [5.41, 5.74) is 4.63. The van der Waals surface area contributed by atoms with Crippen molar-refractivity contribution in [3.05, 3.63) is 47.0 Å². The Labute approximate surface area is 162 Å². The van der Waals surface area contributed by atoms with Gasteiger partial charge in [-0.05, 0) is 40.7 Å². The van der Waals surface area contributed by atoms with Gasteiger partial charge >= 0.3 is 0 Å². The van der Waals surface area contributed by atoms with Gasteiger partial charge in [-0.25, -0.2) is 0 Å². The molecule has 0 spiro atoms. The van der Waals surface area contributed by atoms with Gasteiger partial charge in [0.2, 0.25) is 0 Å². The predicted octanol–water partition coefficient (Wildman–Crippen LogP) is 5.80. The van der Waals surface area contributed by atoms with Crippen molar-refractivity contribution in [2.24, 2.45) is 0 Å². The molecule has 3 rings (SSSR count). The number of hydrogen-bond donors (Lipinski definition) is 1. The van der Waals surface area contributed by atoms with Crippen LogP contribution in [0.25, 0.3) is 0 Å². The highest BCUT2D eigenvalue weighted by Crippen LogP contribution is 2.47. The van der Waals surface area contributed by atoms with Crippen LogP contribution in [0.5, 0.6) is 17.2 Å². The van der Waals surface area contributed by atoms with Gasteiger partial charge in [-0.15, -0.1) is 0 Å². The van der Waals surface area contributed by atoms with E-state index in [1.54, 1.807) is 14.2 Å². The molecule has 0 saturated carbocycles. The Morgan fingerprint density at radius 2 is 1.52 bits per heavy atom. The van der Waals surface area contributed by atoms with Crippen LogP contribution in [0.15, 0.2) is 30.3 Å². The normalized spacial score (nSPS) is 16.4.